The Labute approximate surface area is 177 Å². The predicted molar refractivity (Wildman–Crippen MR) is 113 cm³/mol. The second kappa shape index (κ2) is 8.17. The number of halogens is 1. The third kappa shape index (κ3) is 3.74. The number of imidazole rings is 1. The van der Waals surface area contributed by atoms with Crippen molar-refractivity contribution in [3.8, 4) is 11.4 Å². The predicted octanol–water partition coefficient (Wildman–Crippen LogP) is 2.56. The maximum atomic E-state index is 12.7. The fourth-order valence-corrected chi connectivity index (χ4v) is 3.45. The lowest BCUT2D eigenvalue weighted by Crippen LogP contribution is -2.31. The number of H-pyrrole nitrogens is 1. The third-order valence-electron chi connectivity index (χ3n) is 4.82. The van der Waals surface area contributed by atoms with E-state index in [1.807, 2.05) is 24.3 Å². The van der Waals surface area contributed by atoms with Crippen molar-refractivity contribution in [1.82, 2.24) is 14.9 Å². The number of carbonyl (C=O) groups excluding carboxylic acids is 2. The lowest BCUT2D eigenvalue weighted by atomic mass is 10.2. The van der Waals surface area contributed by atoms with Gasteiger partial charge in [0.05, 0.1) is 36.9 Å². The molecule has 0 aliphatic carbocycles. The zero-order chi connectivity index (χ0) is 21.3. The number of aromatic amines is 1. The Kier molecular flexibility index (Phi) is 5.43. The summed E-state index contributed by atoms with van der Waals surface area (Å²) >= 11 is 5.94. The highest BCUT2D eigenvalue weighted by Crippen LogP contribution is 2.27. The van der Waals surface area contributed by atoms with Gasteiger partial charge in [-0.2, -0.15) is 0 Å². The number of anilines is 1. The first-order chi connectivity index (χ1) is 14.5. The van der Waals surface area contributed by atoms with Crippen LogP contribution in [0.5, 0.6) is 0 Å². The molecule has 0 spiro atoms. The Hall–Kier alpha value is -3.36. The first-order valence-corrected chi connectivity index (χ1v) is 9.62. The molecular formula is C21H19ClN4O4. The molecule has 9 heteroatoms. The smallest absolute Gasteiger partial charge is 0.337 e. The van der Waals surface area contributed by atoms with E-state index in [0.29, 0.717) is 16.5 Å². The molecule has 0 fully saturated rings. The lowest BCUT2D eigenvalue weighted by Gasteiger charge is -2.15. The topological polar surface area (TPSA) is 108 Å². The zero-order valence-corrected chi connectivity index (χ0v) is 16.9. The Balaban J connectivity index is 1.64. The minimum Gasteiger partial charge on any atom is -0.466 e. The number of hydrogen-bond acceptors (Lipinski definition) is 6. The van der Waals surface area contributed by atoms with Gasteiger partial charge in [0.15, 0.2) is 0 Å². The van der Waals surface area contributed by atoms with E-state index in [2.05, 4.69) is 15.3 Å². The molecule has 2 heterocycles. The average molecular weight is 427 g/mol. The summed E-state index contributed by atoms with van der Waals surface area (Å²) in [4.78, 5) is 34.0. The van der Waals surface area contributed by atoms with Gasteiger partial charge in [-0.05, 0) is 42.5 Å². The van der Waals surface area contributed by atoms with Crippen molar-refractivity contribution in [2.24, 2.45) is 0 Å². The van der Waals surface area contributed by atoms with Gasteiger partial charge >= 0.3 is 5.97 Å². The zero-order valence-electron chi connectivity index (χ0n) is 16.1. The maximum absolute atomic E-state index is 12.7. The molecule has 0 unspecified atom stereocenters. The van der Waals surface area contributed by atoms with Crippen molar-refractivity contribution in [1.29, 1.82) is 0 Å². The summed E-state index contributed by atoms with van der Waals surface area (Å²) in [7, 11) is 1.26. The van der Waals surface area contributed by atoms with E-state index in [-0.39, 0.29) is 36.9 Å². The summed E-state index contributed by atoms with van der Waals surface area (Å²) in [5.74, 6) is -0.255. The molecule has 30 heavy (non-hydrogen) atoms. The van der Waals surface area contributed by atoms with Crippen molar-refractivity contribution >= 4 is 40.2 Å². The number of hydrogen-bond donors (Lipinski definition) is 3. The largest absolute Gasteiger partial charge is 0.466 e. The van der Waals surface area contributed by atoms with E-state index < -0.39 is 5.97 Å². The average Bonchev–Trinajstić information content (AvgIpc) is 3.30. The summed E-state index contributed by atoms with van der Waals surface area (Å²) < 4.78 is 4.80. The minimum absolute atomic E-state index is 0.0847. The highest BCUT2D eigenvalue weighted by Gasteiger charge is 2.34. The fourth-order valence-electron chi connectivity index (χ4n) is 3.33. The fraction of sp³-hybridized carbons (Fsp3) is 0.190. The number of amides is 1. The van der Waals surface area contributed by atoms with Crippen molar-refractivity contribution in [3.05, 3.63) is 58.8 Å². The van der Waals surface area contributed by atoms with Crippen LogP contribution in [0.2, 0.25) is 5.02 Å². The van der Waals surface area contributed by atoms with Gasteiger partial charge in [-0.3, -0.25) is 4.79 Å². The normalized spacial score (nSPS) is 14.0. The van der Waals surface area contributed by atoms with Gasteiger partial charge in [-0.15, -0.1) is 0 Å². The molecule has 2 aromatic carbocycles. The monoisotopic (exact) mass is 426 g/mol. The number of nitrogens with one attached hydrogen (secondary N) is 2. The molecule has 0 bridgehead atoms. The van der Waals surface area contributed by atoms with E-state index in [4.69, 9.17) is 21.4 Å². The van der Waals surface area contributed by atoms with Gasteiger partial charge in [0.1, 0.15) is 11.5 Å². The Bertz CT molecular complexity index is 1150. The van der Waals surface area contributed by atoms with Crippen LogP contribution in [0.1, 0.15) is 0 Å². The highest BCUT2D eigenvalue weighted by atomic mass is 35.5. The lowest BCUT2D eigenvalue weighted by molar-refractivity contribution is -0.136. The Morgan fingerprint density at radius 2 is 2.07 bits per heavy atom. The standard InChI is InChI=1S/C21H19ClN4O4/c1-30-21(29)15-11-26(8-9-27)20(28)18(15)23-14-6-7-16-17(10-14)25-19(24-16)12-2-4-13(22)5-3-12/h2-7,10,23,27H,8-9,11H2,1H3,(H,24,25). The molecule has 1 amide bonds. The number of aromatic nitrogens is 2. The third-order valence-corrected chi connectivity index (χ3v) is 5.07. The van der Waals surface area contributed by atoms with Crippen molar-refractivity contribution < 1.29 is 19.4 Å². The highest BCUT2D eigenvalue weighted by molar-refractivity contribution is 6.30. The number of ether oxygens (including phenoxy) is 1. The van der Waals surface area contributed by atoms with Crippen LogP contribution in [0, 0.1) is 0 Å². The number of esters is 1. The molecule has 0 radical (unpaired) electrons. The van der Waals surface area contributed by atoms with E-state index in [1.165, 1.54) is 12.0 Å². The summed E-state index contributed by atoms with van der Waals surface area (Å²) in [6, 6.07) is 12.7. The Morgan fingerprint density at radius 3 is 2.77 bits per heavy atom. The van der Waals surface area contributed by atoms with Crippen LogP contribution in [0.4, 0.5) is 5.69 Å². The van der Waals surface area contributed by atoms with Gasteiger partial charge in [0, 0.05) is 22.8 Å². The molecular weight excluding hydrogens is 408 g/mol. The van der Waals surface area contributed by atoms with Gasteiger partial charge in [-0.25, -0.2) is 9.78 Å². The number of fused-ring (bicyclic) bond motifs is 1. The summed E-state index contributed by atoms with van der Waals surface area (Å²) in [6.07, 6.45) is 0. The molecule has 1 aliphatic heterocycles. The van der Waals surface area contributed by atoms with Gasteiger partial charge in [0.2, 0.25) is 0 Å². The molecule has 0 saturated heterocycles. The molecule has 0 saturated carbocycles. The number of methoxy groups -OCH3 is 1. The van der Waals surface area contributed by atoms with Crippen LogP contribution >= 0.6 is 11.6 Å². The molecule has 8 nitrogen and oxygen atoms in total. The number of β-amino-alcohol motifs (C(OH)–C–C–N with tert-alkyl or cyclic N) is 1. The summed E-state index contributed by atoms with van der Waals surface area (Å²) in [5, 5.41) is 12.8. The van der Waals surface area contributed by atoms with Crippen LogP contribution in [-0.4, -0.2) is 58.7 Å². The Morgan fingerprint density at radius 1 is 1.30 bits per heavy atom. The van der Waals surface area contributed by atoms with Gasteiger partial charge < -0.3 is 25.0 Å². The second-order valence-electron chi connectivity index (χ2n) is 6.74. The number of aliphatic hydroxyl groups excluding tert-OH is 1. The van der Waals surface area contributed by atoms with Gasteiger partial charge in [-0.1, -0.05) is 11.6 Å². The molecule has 154 valence electrons. The molecule has 1 aromatic heterocycles. The molecule has 3 N–H and O–H groups in total. The van der Waals surface area contributed by atoms with Crippen LogP contribution in [0.25, 0.3) is 22.4 Å². The van der Waals surface area contributed by atoms with Crippen LogP contribution in [0.15, 0.2) is 53.7 Å². The number of benzene rings is 2. The van der Waals surface area contributed by atoms with Crippen LogP contribution in [0.3, 0.4) is 0 Å². The number of aliphatic hydroxyl groups is 1. The quantitative estimate of drug-likeness (QED) is 0.523. The molecule has 1 aliphatic rings. The van der Waals surface area contributed by atoms with E-state index in [9.17, 15) is 9.59 Å². The number of carbonyl (C=O) groups is 2. The van der Waals surface area contributed by atoms with Gasteiger partial charge in [0.25, 0.3) is 5.91 Å². The van der Waals surface area contributed by atoms with Crippen LogP contribution < -0.4 is 5.32 Å². The minimum atomic E-state index is -0.584. The summed E-state index contributed by atoms with van der Waals surface area (Å²) in [6.45, 7) is 0.0248. The van der Waals surface area contributed by atoms with Crippen molar-refractivity contribution in [3.63, 3.8) is 0 Å². The maximum Gasteiger partial charge on any atom is 0.337 e. The number of nitrogens with zero attached hydrogens (tertiary/aromatic N) is 2. The molecule has 3 aromatic rings. The second-order valence-corrected chi connectivity index (χ2v) is 7.18. The molecule has 0 atom stereocenters. The van der Waals surface area contributed by atoms with E-state index >= 15 is 0 Å². The molecule has 4 rings (SSSR count). The number of rotatable bonds is 6. The van der Waals surface area contributed by atoms with Crippen molar-refractivity contribution in [2.75, 3.05) is 32.1 Å². The van der Waals surface area contributed by atoms with Crippen molar-refractivity contribution in [2.45, 2.75) is 0 Å². The first kappa shape index (κ1) is 19.9. The van der Waals surface area contributed by atoms with Crippen LogP contribution in [-0.2, 0) is 14.3 Å². The summed E-state index contributed by atoms with van der Waals surface area (Å²) in [5.41, 5.74) is 3.40. The van der Waals surface area contributed by atoms with E-state index in [1.54, 1.807) is 18.2 Å². The SMILES string of the molecule is COC(=O)C1=C(Nc2ccc3nc(-c4ccc(Cl)cc4)[nH]c3c2)C(=O)N(CCO)C1. The first-order valence-electron chi connectivity index (χ1n) is 9.24. The van der Waals surface area contributed by atoms with E-state index in [0.717, 1.165) is 16.6 Å².